The summed E-state index contributed by atoms with van der Waals surface area (Å²) in [6, 6.07) is 0. The van der Waals surface area contributed by atoms with Gasteiger partial charge >= 0.3 is 0 Å². The standard InChI is InChI=1S/C17H28O3S/c1-5-8-16(9-6-2)21(18,19)17-12-10-15(11-13-17)20-14(4)7-3/h5,10-12,14,16-17H,1,6-9,13H2,2-4H3. The van der Waals surface area contributed by atoms with E-state index in [1.54, 1.807) is 18.2 Å². The first-order valence-corrected chi connectivity index (χ1v) is 9.45. The minimum absolute atomic E-state index is 0.155. The van der Waals surface area contributed by atoms with Gasteiger partial charge < -0.3 is 4.74 Å². The van der Waals surface area contributed by atoms with Crippen molar-refractivity contribution in [1.82, 2.24) is 0 Å². The highest BCUT2D eigenvalue weighted by atomic mass is 32.2. The van der Waals surface area contributed by atoms with Gasteiger partial charge in [0.05, 0.1) is 16.6 Å². The van der Waals surface area contributed by atoms with E-state index in [4.69, 9.17) is 4.74 Å². The van der Waals surface area contributed by atoms with Gasteiger partial charge in [0.15, 0.2) is 9.84 Å². The molecule has 1 aliphatic rings. The Labute approximate surface area is 129 Å². The number of hydrogen-bond acceptors (Lipinski definition) is 3. The molecule has 1 rings (SSSR count). The van der Waals surface area contributed by atoms with Crippen LogP contribution in [-0.4, -0.2) is 25.0 Å². The van der Waals surface area contributed by atoms with Gasteiger partial charge in [-0.1, -0.05) is 32.4 Å². The highest BCUT2D eigenvalue weighted by Gasteiger charge is 2.31. The summed E-state index contributed by atoms with van der Waals surface area (Å²) >= 11 is 0. The average Bonchev–Trinajstić information content (AvgIpc) is 2.47. The van der Waals surface area contributed by atoms with Crippen molar-refractivity contribution in [2.45, 2.75) is 69.5 Å². The summed E-state index contributed by atoms with van der Waals surface area (Å²) in [5, 5.41) is -0.752. The van der Waals surface area contributed by atoms with Crippen LogP contribution < -0.4 is 0 Å². The molecule has 120 valence electrons. The van der Waals surface area contributed by atoms with Crippen LogP contribution in [0.15, 0.2) is 36.6 Å². The number of hydrogen-bond donors (Lipinski definition) is 0. The SMILES string of the molecule is C=CCC(CCC)S(=O)(=O)C1C=CC(OC(C)CC)=CC1. The molecule has 0 fully saturated rings. The molecule has 0 aromatic carbocycles. The van der Waals surface area contributed by atoms with Crippen molar-refractivity contribution in [2.75, 3.05) is 0 Å². The van der Waals surface area contributed by atoms with E-state index in [0.717, 1.165) is 18.6 Å². The largest absolute Gasteiger partial charge is 0.491 e. The Morgan fingerprint density at radius 1 is 1.48 bits per heavy atom. The Morgan fingerprint density at radius 3 is 2.67 bits per heavy atom. The number of allylic oxidation sites excluding steroid dienone is 3. The molecule has 0 bridgehead atoms. The van der Waals surface area contributed by atoms with Gasteiger partial charge in [-0.3, -0.25) is 0 Å². The predicted octanol–water partition coefficient (Wildman–Crippen LogP) is 4.17. The number of ether oxygens (including phenoxy) is 1. The van der Waals surface area contributed by atoms with E-state index in [0.29, 0.717) is 19.3 Å². The Hall–Kier alpha value is -1.03. The second-order valence-corrected chi connectivity index (χ2v) is 8.05. The Morgan fingerprint density at radius 2 is 2.19 bits per heavy atom. The minimum atomic E-state index is -3.16. The Balaban J connectivity index is 2.75. The molecule has 21 heavy (non-hydrogen) atoms. The van der Waals surface area contributed by atoms with Crippen molar-refractivity contribution in [3.05, 3.63) is 36.6 Å². The van der Waals surface area contributed by atoms with Crippen molar-refractivity contribution < 1.29 is 13.2 Å². The molecule has 0 aromatic heterocycles. The summed E-state index contributed by atoms with van der Waals surface area (Å²) in [6.45, 7) is 9.77. The molecule has 0 radical (unpaired) electrons. The fourth-order valence-corrected chi connectivity index (χ4v) is 4.52. The van der Waals surface area contributed by atoms with Gasteiger partial charge in [0, 0.05) is 0 Å². The van der Waals surface area contributed by atoms with Gasteiger partial charge in [0.1, 0.15) is 5.76 Å². The maximum atomic E-state index is 12.7. The zero-order valence-corrected chi connectivity index (χ0v) is 14.2. The summed E-state index contributed by atoms with van der Waals surface area (Å²) < 4.78 is 31.1. The van der Waals surface area contributed by atoms with Crippen molar-refractivity contribution in [3.8, 4) is 0 Å². The second kappa shape index (κ2) is 8.42. The molecular weight excluding hydrogens is 284 g/mol. The maximum absolute atomic E-state index is 12.7. The van der Waals surface area contributed by atoms with Crippen LogP contribution in [0, 0.1) is 0 Å². The van der Waals surface area contributed by atoms with E-state index in [-0.39, 0.29) is 11.4 Å². The molecule has 1 aliphatic carbocycles. The molecule has 0 spiro atoms. The first-order chi connectivity index (χ1) is 9.95. The molecule has 0 aromatic rings. The molecular formula is C17H28O3S. The van der Waals surface area contributed by atoms with Gasteiger partial charge in [-0.25, -0.2) is 8.42 Å². The second-order valence-electron chi connectivity index (χ2n) is 5.60. The highest BCUT2D eigenvalue weighted by Crippen LogP contribution is 2.25. The molecule has 0 amide bonds. The van der Waals surface area contributed by atoms with Gasteiger partial charge in [0.25, 0.3) is 0 Å². The first kappa shape index (κ1) is 18.0. The van der Waals surface area contributed by atoms with Crippen LogP contribution in [0.2, 0.25) is 0 Å². The van der Waals surface area contributed by atoms with E-state index >= 15 is 0 Å². The molecule has 4 heteroatoms. The van der Waals surface area contributed by atoms with Crippen LogP contribution in [0.1, 0.15) is 52.9 Å². The summed E-state index contributed by atoms with van der Waals surface area (Å²) in [6.07, 6.45) is 10.9. The normalized spacial score (nSPS) is 21.5. The van der Waals surface area contributed by atoms with E-state index in [2.05, 4.69) is 13.5 Å². The lowest BCUT2D eigenvalue weighted by Gasteiger charge is -2.23. The molecule has 3 nitrogen and oxygen atoms in total. The quantitative estimate of drug-likeness (QED) is 0.600. The third-order valence-electron chi connectivity index (χ3n) is 3.87. The van der Waals surface area contributed by atoms with Crippen LogP contribution in [0.25, 0.3) is 0 Å². The van der Waals surface area contributed by atoms with Gasteiger partial charge in [-0.15, -0.1) is 6.58 Å². The first-order valence-electron chi connectivity index (χ1n) is 7.84. The van der Waals surface area contributed by atoms with E-state index < -0.39 is 15.1 Å². The van der Waals surface area contributed by atoms with Crippen LogP contribution in [0.5, 0.6) is 0 Å². The van der Waals surface area contributed by atoms with Crippen molar-refractivity contribution in [1.29, 1.82) is 0 Å². The van der Waals surface area contributed by atoms with Crippen LogP contribution in [0.3, 0.4) is 0 Å². The Bertz CT molecular complexity index is 488. The maximum Gasteiger partial charge on any atom is 0.160 e. The van der Waals surface area contributed by atoms with Crippen LogP contribution in [-0.2, 0) is 14.6 Å². The van der Waals surface area contributed by atoms with Crippen molar-refractivity contribution in [3.63, 3.8) is 0 Å². The lowest BCUT2D eigenvalue weighted by Crippen LogP contribution is -2.31. The third kappa shape index (κ3) is 5.03. The molecule has 0 heterocycles. The van der Waals surface area contributed by atoms with Crippen molar-refractivity contribution in [2.24, 2.45) is 0 Å². The van der Waals surface area contributed by atoms with Gasteiger partial charge in [-0.2, -0.15) is 0 Å². The van der Waals surface area contributed by atoms with Crippen LogP contribution in [0.4, 0.5) is 0 Å². The minimum Gasteiger partial charge on any atom is -0.491 e. The third-order valence-corrected chi connectivity index (χ3v) is 6.42. The van der Waals surface area contributed by atoms with Gasteiger partial charge in [0.2, 0.25) is 0 Å². The molecule has 3 unspecified atom stereocenters. The summed E-state index contributed by atoms with van der Waals surface area (Å²) in [7, 11) is -3.16. The molecule has 0 saturated carbocycles. The fourth-order valence-electron chi connectivity index (χ4n) is 2.40. The van der Waals surface area contributed by atoms with Crippen molar-refractivity contribution >= 4 is 9.84 Å². The Kier molecular flexibility index (Phi) is 7.23. The summed E-state index contributed by atoms with van der Waals surface area (Å²) in [5.74, 6) is 0.784. The molecule has 0 aliphatic heterocycles. The average molecular weight is 312 g/mol. The predicted molar refractivity (Wildman–Crippen MR) is 88.9 cm³/mol. The zero-order valence-electron chi connectivity index (χ0n) is 13.4. The lowest BCUT2D eigenvalue weighted by molar-refractivity contribution is 0.136. The highest BCUT2D eigenvalue weighted by molar-refractivity contribution is 7.92. The lowest BCUT2D eigenvalue weighted by atomic mass is 10.1. The summed E-state index contributed by atoms with van der Waals surface area (Å²) in [5.41, 5.74) is 0. The molecule has 0 N–H and O–H groups in total. The van der Waals surface area contributed by atoms with Crippen LogP contribution >= 0.6 is 0 Å². The smallest absolute Gasteiger partial charge is 0.160 e. The molecule has 3 atom stereocenters. The summed E-state index contributed by atoms with van der Waals surface area (Å²) in [4.78, 5) is 0. The molecule has 0 saturated heterocycles. The topological polar surface area (TPSA) is 43.4 Å². The zero-order chi connectivity index (χ0) is 15.9. The van der Waals surface area contributed by atoms with E-state index in [1.165, 1.54) is 0 Å². The number of rotatable bonds is 9. The monoisotopic (exact) mass is 312 g/mol. The van der Waals surface area contributed by atoms with E-state index in [9.17, 15) is 8.42 Å². The number of sulfone groups is 1. The fraction of sp³-hybridized carbons (Fsp3) is 0.647. The van der Waals surface area contributed by atoms with E-state index in [1.807, 2.05) is 19.9 Å². The van der Waals surface area contributed by atoms with Gasteiger partial charge in [-0.05, 0) is 44.8 Å².